The maximum Gasteiger partial charge on any atom is 0.407 e. The van der Waals surface area contributed by atoms with Crippen LogP contribution in [-0.4, -0.2) is 30.8 Å². The summed E-state index contributed by atoms with van der Waals surface area (Å²) in [6, 6.07) is 6.88. The summed E-state index contributed by atoms with van der Waals surface area (Å²) in [5.74, 6) is 1.14. The van der Waals surface area contributed by atoms with Crippen LogP contribution in [0.2, 0.25) is 0 Å². The van der Waals surface area contributed by atoms with Crippen molar-refractivity contribution in [3.63, 3.8) is 0 Å². The summed E-state index contributed by atoms with van der Waals surface area (Å²) in [6.07, 6.45) is 12.9. The van der Waals surface area contributed by atoms with Crippen molar-refractivity contribution in [2.75, 3.05) is 6.61 Å². The minimum Gasteiger partial charge on any atom is -0.462 e. The monoisotopic (exact) mass is 521 g/mol. The number of ether oxygens (including phenoxy) is 2. The number of allylic oxidation sites excluding steroid dienone is 6. The van der Waals surface area contributed by atoms with Crippen molar-refractivity contribution in [2.24, 2.45) is 35.0 Å². The first kappa shape index (κ1) is 26.7. The Bertz CT molecular complexity index is 1170. The molecule has 8 atom stereocenters. The fourth-order valence-electron chi connectivity index (χ4n) is 7.86. The summed E-state index contributed by atoms with van der Waals surface area (Å²) in [5, 5.41) is 3.04. The third-order valence-corrected chi connectivity index (χ3v) is 9.47. The maximum atomic E-state index is 13.8. The highest BCUT2D eigenvalue weighted by molar-refractivity contribution is 5.79. The van der Waals surface area contributed by atoms with Gasteiger partial charge in [0.2, 0.25) is 0 Å². The molecule has 1 saturated heterocycles. The normalized spacial score (nSPS) is 36.6. The summed E-state index contributed by atoms with van der Waals surface area (Å²) in [6.45, 7) is 8.48. The van der Waals surface area contributed by atoms with Crippen LogP contribution in [0.1, 0.15) is 65.4 Å². The first-order valence-corrected chi connectivity index (χ1v) is 14.2. The van der Waals surface area contributed by atoms with Gasteiger partial charge < -0.3 is 14.8 Å². The van der Waals surface area contributed by atoms with E-state index in [0.717, 1.165) is 43.2 Å². The molecule has 38 heavy (non-hydrogen) atoms. The van der Waals surface area contributed by atoms with Crippen LogP contribution in [-0.2, 0) is 14.3 Å². The van der Waals surface area contributed by atoms with Crippen LogP contribution in [0.4, 0.5) is 9.18 Å². The Kier molecular flexibility index (Phi) is 7.52. The summed E-state index contributed by atoms with van der Waals surface area (Å²) < 4.78 is 24.7. The smallest absolute Gasteiger partial charge is 0.407 e. The summed E-state index contributed by atoms with van der Waals surface area (Å²) >= 11 is 0. The Morgan fingerprint density at radius 1 is 1.26 bits per heavy atom. The number of amides is 1. The molecule has 0 bridgehead atoms. The van der Waals surface area contributed by atoms with Gasteiger partial charge in [-0.1, -0.05) is 43.4 Å². The van der Waals surface area contributed by atoms with Gasteiger partial charge in [-0.15, -0.1) is 0 Å². The lowest BCUT2D eigenvalue weighted by Gasteiger charge is -2.51. The average Bonchev–Trinajstić information content (AvgIpc) is 3.09. The van der Waals surface area contributed by atoms with Crippen molar-refractivity contribution < 1.29 is 23.5 Å². The Morgan fingerprint density at radius 3 is 2.82 bits per heavy atom. The van der Waals surface area contributed by atoms with Gasteiger partial charge >= 0.3 is 12.1 Å². The van der Waals surface area contributed by atoms with Gasteiger partial charge in [-0.3, -0.25) is 4.79 Å². The number of carbonyl (C=O) groups excluding carboxylic acids is 2. The number of carbonyl (C=O) groups is 2. The van der Waals surface area contributed by atoms with Crippen LogP contribution in [0.25, 0.3) is 5.57 Å². The van der Waals surface area contributed by atoms with Crippen LogP contribution in [0.3, 0.4) is 0 Å². The molecule has 1 heterocycles. The van der Waals surface area contributed by atoms with E-state index < -0.39 is 5.41 Å². The maximum absolute atomic E-state index is 13.8. The van der Waals surface area contributed by atoms with Gasteiger partial charge in [0.1, 0.15) is 11.9 Å². The Morgan fingerprint density at radius 2 is 2.08 bits per heavy atom. The quantitative estimate of drug-likeness (QED) is 0.431. The van der Waals surface area contributed by atoms with E-state index in [0.29, 0.717) is 18.4 Å². The minimum atomic E-state index is -0.514. The molecule has 1 amide bonds. The summed E-state index contributed by atoms with van der Waals surface area (Å²) in [7, 11) is 0. The largest absolute Gasteiger partial charge is 0.462 e. The van der Waals surface area contributed by atoms with Gasteiger partial charge in [0.25, 0.3) is 0 Å². The van der Waals surface area contributed by atoms with Crippen LogP contribution in [0.5, 0.6) is 0 Å². The highest BCUT2D eigenvalue weighted by Gasteiger charge is 2.61. The lowest BCUT2D eigenvalue weighted by Crippen LogP contribution is -2.52. The number of hydrogen-bond donors (Lipinski definition) is 1. The SMILES string of the molecule is CCOC(=O)N[C@@H]1CC[C@@H]2[C@@H](C1)C[C@@]1(C)C(=O)O[C@@H](C)[C@H]1[C@@H]2/C=C/C1=CC=C(c2cccc(F)c2)C(C)C1. The molecule has 1 aromatic carbocycles. The van der Waals surface area contributed by atoms with Gasteiger partial charge in [-0.05, 0) is 105 Å². The first-order chi connectivity index (χ1) is 18.2. The molecule has 3 aliphatic carbocycles. The van der Waals surface area contributed by atoms with Gasteiger partial charge in [0.05, 0.1) is 12.0 Å². The third-order valence-electron chi connectivity index (χ3n) is 9.47. The second-order valence-corrected chi connectivity index (χ2v) is 12.0. The summed E-state index contributed by atoms with van der Waals surface area (Å²) in [4.78, 5) is 25.1. The van der Waals surface area contributed by atoms with Crippen molar-refractivity contribution in [1.29, 1.82) is 0 Å². The van der Waals surface area contributed by atoms with Crippen molar-refractivity contribution >= 4 is 17.6 Å². The molecule has 1 aliphatic heterocycles. The van der Waals surface area contributed by atoms with E-state index in [2.05, 4.69) is 43.5 Å². The molecular formula is C32H40FNO4. The Labute approximate surface area is 225 Å². The first-order valence-electron chi connectivity index (χ1n) is 14.2. The molecule has 1 unspecified atom stereocenters. The molecule has 0 aromatic heterocycles. The molecular weight excluding hydrogens is 481 g/mol. The highest BCUT2D eigenvalue weighted by atomic mass is 19.1. The van der Waals surface area contributed by atoms with E-state index in [1.807, 2.05) is 19.9 Å². The molecule has 204 valence electrons. The zero-order chi connectivity index (χ0) is 27.0. The Hall–Kier alpha value is -2.89. The third kappa shape index (κ3) is 5.06. The standard InChI is InChI=1S/C32H40FNO4/c1-5-37-31(36)34-25-11-14-27-23(17-25)18-32(4)29(20(3)38-30(32)35)28(27)13-10-21-9-12-26(19(2)15-21)22-7-6-8-24(33)16-22/h6-10,12-13,16,19-20,23,25,27-29H,5,11,14-15,17-18H2,1-4H3,(H,34,36)/b13-10+/t19?,20-,23-,25+,27+,28+,29-,32+/m0/s1. The topological polar surface area (TPSA) is 64.6 Å². The Balaban J connectivity index is 1.38. The lowest BCUT2D eigenvalue weighted by molar-refractivity contribution is -0.150. The van der Waals surface area contributed by atoms with Crippen LogP contribution >= 0.6 is 0 Å². The van der Waals surface area contributed by atoms with Gasteiger partial charge in [0, 0.05) is 12.0 Å². The zero-order valence-electron chi connectivity index (χ0n) is 22.9. The molecule has 5 rings (SSSR count). The molecule has 4 aliphatic rings. The highest BCUT2D eigenvalue weighted by Crippen LogP contribution is 2.59. The van der Waals surface area contributed by atoms with E-state index in [4.69, 9.17) is 9.47 Å². The number of alkyl carbamates (subject to hydrolysis) is 1. The van der Waals surface area contributed by atoms with Crippen molar-refractivity contribution in [2.45, 2.75) is 71.9 Å². The van der Waals surface area contributed by atoms with Crippen molar-refractivity contribution in [3.8, 4) is 0 Å². The number of esters is 1. The zero-order valence-corrected chi connectivity index (χ0v) is 22.9. The molecule has 3 fully saturated rings. The van der Waals surface area contributed by atoms with Gasteiger partial charge in [0.15, 0.2) is 0 Å². The average molecular weight is 522 g/mol. The molecule has 0 radical (unpaired) electrons. The second-order valence-electron chi connectivity index (χ2n) is 12.0. The summed E-state index contributed by atoms with van der Waals surface area (Å²) in [5.41, 5.74) is 2.83. The number of cyclic esters (lactones) is 1. The van der Waals surface area contributed by atoms with E-state index in [1.165, 1.54) is 11.6 Å². The molecule has 6 heteroatoms. The number of benzene rings is 1. The second kappa shape index (κ2) is 10.7. The number of fused-ring (bicyclic) bond motifs is 2. The van der Waals surface area contributed by atoms with E-state index >= 15 is 0 Å². The fraction of sp³-hybridized carbons (Fsp3) is 0.562. The van der Waals surface area contributed by atoms with Crippen molar-refractivity contribution in [1.82, 2.24) is 5.32 Å². The van der Waals surface area contributed by atoms with Crippen LogP contribution in [0.15, 0.2) is 54.1 Å². The predicted molar refractivity (Wildman–Crippen MR) is 145 cm³/mol. The van der Waals surface area contributed by atoms with Gasteiger partial charge in [-0.25, -0.2) is 9.18 Å². The lowest BCUT2D eigenvalue weighted by atomic mass is 9.51. The number of hydrogen-bond acceptors (Lipinski definition) is 4. The van der Waals surface area contributed by atoms with E-state index in [1.54, 1.807) is 12.1 Å². The van der Waals surface area contributed by atoms with Crippen LogP contribution in [0, 0.1) is 40.8 Å². The predicted octanol–water partition coefficient (Wildman–Crippen LogP) is 6.85. The minimum absolute atomic E-state index is 0.0724. The number of halogens is 1. The van der Waals surface area contributed by atoms with Gasteiger partial charge in [-0.2, -0.15) is 0 Å². The number of rotatable bonds is 5. The molecule has 0 spiro atoms. The number of nitrogens with one attached hydrogen (secondary N) is 1. The van der Waals surface area contributed by atoms with Crippen LogP contribution < -0.4 is 5.32 Å². The molecule has 1 N–H and O–H groups in total. The molecule has 5 nitrogen and oxygen atoms in total. The molecule has 1 aromatic rings. The van der Waals surface area contributed by atoms with E-state index in [-0.39, 0.29) is 47.8 Å². The van der Waals surface area contributed by atoms with E-state index in [9.17, 15) is 14.0 Å². The van der Waals surface area contributed by atoms with Crippen molar-refractivity contribution in [3.05, 3.63) is 65.5 Å². The fourth-order valence-corrected chi connectivity index (χ4v) is 7.86. The molecule has 2 saturated carbocycles.